The number of thiazole rings is 1. The van der Waals surface area contributed by atoms with Gasteiger partial charge in [-0.1, -0.05) is 6.92 Å². The van der Waals surface area contributed by atoms with E-state index in [1.807, 2.05) is 11.6 Å². The number of aromatic nitrogens is 1. The summed E-state index contributed by atoms with van der Waals surface area (Å²) in [4.78, 5) is 6.64. The van der Waals surface area contributed by atoms with E-state index in [1.165, 1.54) is 5.01 Å². The molecule has 0 bridgehead atoms. The maximum atomic E-state index is 6.14. The van der Waals surface area contributed by atoms with Gasteiger partial charge in [-0.25, -0.2) is 4.98 Å². The van der Waals surface area contributed by atoms with E-state index in [0.717, 1.165) is 19.6 Å². The average Bonchev–Trinajstić information content (AvgIpc) is 2.64. The van der Waals surface area contributed by atoms with Crippen LogP contribution >= 0.6 is 22.9 Å². The molecule has 1 aromatic heterocycles. The van der Waals surface area contributed by atoms with E-state index in [0.29, 0.717) is 11.3 Å². The zero-order valence-electron chi connectivity index (χ0n) is 7.61. The van der Waals surface area contributed by atoms with Crippen molar-refractivity contribution in [2.45, 2.75) is 18.8 Å². The standard InChI is InChI=1S/C9H13ClN2S/c1-7-4-12(5-8(7)10)6-9-11-2-3-13-9/h2-3,7-8H,4-6H2,1H3. The van der Waals surface area contributed by atoms with Gasteiger partial charge in [-0.2, -0.15) is 0 Å². The van der Waals surface area contributed by atoms with Gasteiger partial charge in [0.05, 0.1) is 11.9 Å². The van der Waals surface area contributed by atoms with Crippen molar-refractivity contribution in [3.63, 3.8) is 0 Å². The molecular weight excluding hydrogens is 204 g/mol. The molecule has 1 aliphatic rings. The molecule has 0 spiro atoms. The van der Waals surface area contributed by atoms with Crippen molar-refractivity contribution in [2.75, 3.05) is 13.1 Å². The molecular formula is C9H13ClN2S. The Hall–Kier alpha value is -0.120. The SMILES string of the molecule is CC1CN(Cc2nccs2)CC1Cl. The Labute approximate surface area is 87.5 Å². The fraction of sp³-hybridized carbons (Fsp3) is 0.667. The normalized spacial score (nSPS) is 29.7. The average molecular weight is 217 g/mol. The Morgan fingerprint density at radius 3 is 3.08 bits per heavy atom. The number of likely N-dealkylation sites (tertiary alicyclic amines) is 1. The van der Waals surface area contributed by atoms with Crippen LogP contribution in [0.2, 0.25) is 0 Å². The fourth-order valence-electron chi connectivity index (χ4n) is 1.67. The van der Waals surface area contributed by atoms with Crippen molar-refractivity contribution in [3.8, 4) is 0 Å². The van der Waals surface area contributed by atoms with E-state index in [4.69, 9.17) is 11.6 Å². The molecule has 1 saturated heterocycles. The zero-order chi connectivity index (χ0) is 9.26. The Kier molecular flexibility index (Phi) is 2.86. The summed E-state index contributed by atoms with van der Waals surface area (Å²) in [5.41, 5.74) is 0. The van der Waals surface area contributed by atoms with Crippen LogP contribution in [0.1, 0.15) is 11.9 Å². The Morgan fingerprint density at radius 2 is 2.54 bits per heavy atom. The van der Waals surface area contributed by atoms with Gasteiger partial charge in [0.15, 0.2) is 0 Å². The third-order valence-corrected chi connectivity index (χ3v) is 3.77. The van der Waals surface area contributed by atoms with Crippen molar-refractivity contribution in [3.05, 3.63) is 16.6 Å². The van der Waals surface area contributed by atoms with E-state index in [2.05, 4.69) is 16.8 Å². The first-order valence-corrected chi connectivity index (χ1v) is 5.82. The number of hydrogen-bond acceptors (Lipinski definition) is 3. The van der Waals surface area contributed by atoms with Crippen LogP contribution < -0.4 is 0 Å². The van der Waals surface area contributed by atoms with Gasteiger partial charge in [0.25, 0.3) is 0 Å². The lowest BCUT2D eigenvalue weighted by Crippen LogP contribution is -2.20. The van der Waals surface area contributed by atoms with Crippen molar-refractivity contribution in [1.82, 2.24) is 9.88 Å². The third-order valence-electron chi connectivity index (χ3n) is 2.44. The van der Waals surface area contributed by atoms with E-state index >= 15 is 0 Å². The van der Waals surface area contributed by atoms with Crippen molar-refractivity contribution >= 4 is 22.9 Å². The van der Waals surface area contributed by atoms with Crippen LogP contribution in [0, 0.1) is 5.92 Å². The highest BCUT2D eigenvalue weighted by Gasteiger charge is 2.27. The number of alkyl halides is 1. The molecule has 2 heterocycles. The molecule has 0 N–H and O–H groups in total. The largest absolute Gasteiger partial charge is 0.295 e. The van der Waals surface area contributed by atoms with E-state index in [9.17, 15) is 0 Å². The van der Waals surface area contributed by atoms with Gasteiger partial charge in [0.2, 0.25) is 0 Å². The maximum absolute atomic E-state index is 6.14. The highest BCUT2D eigenvalue weighted by molar-refractivity contribution is 7.09. The topological polar surface area (TPSA) is 16.1 Å². The predicted octanol–water partition coefficient (Wildman–Crippen LogP) is 2.20. The Balaban J connectivity index is 1.91. The number of rotatable bonds is 2. The van der Waals surface area contributed by atoms with Crippen LogP contribution in [0.25, 0.3) is 0 Å². The minimum atomic E-state index is 0.319. The lowest BCUT2D eigenvalue weighted by molar-refractivity contribution is 0.320. The molecule has 0 saturated carbocycles. The van der Waals surface area contributed by atoms with Crippen LogP contribution in [0.3, 0.4) is 0 Å². The Bertz CT molecular complexity index is 253. The van der Waals surface area contributed by atoms with Gasteiger partial charge in [-0.3, -0.25) is 4.90 Å². The molecule has 2 nitrogen and oxygen atoms in total. The molecule has 2 atom stereocenters. The molecule has 0 amide bonds. The summed E-state index contributed by atoms with van der Waals surface area (Å²) in [5.74, 6) is 0.613. The second-order valence-corrected chi connectivity index (χ2v) is 5.15. The highest BCUT2D eigenvalue weighted by Crippen LogP contribution is 2.23. The molecule has 72 valence electrons. The molecule has 4 heteroatoms. The van der Waals surface area contributed by atoms with E-state index in [1.54, 1.807) is 11.3 Å². The van der Waals surface area contributed by atoms with Crippen LogP contribution in [-0.4, -0.2) is 28.4 Å². The monoisotopic (exact) mass is 216 g/mol. The van der Waals surface area contributed by atoms with E-state index < -0.39 is 0 Å². The van der Waals surface area contributed by atoms with Crippen LogP contribution in [0.4, 0.5) is 0 Å². The summed E-state index contributed by atoms with van der Waals surface area (Å²) in [5, 5.41) is 3.53. The van der Waals surface area contributed by atoms with Crippen molar-refractivity contribution < 1.29 is 0 Å². The minimum Gasteiger partial charge on any atom is -0.295 e. The molecule has 1 fully saturated rings. The van der Waals surface area contributed by atoms with Gasteiger partial charge >= 0.3 is 0 Å². The molecule has 2 unspecified atom stereocenters. The zero-order valence-corrected chi connectivity index (χ0v) is 9.18. The summed E-state index contributed by atoms with van der Waals surface area (Å²) in [6.45, 7) is 5.28. The Morgan fingerprint density at radius 1 is 1.69 bits per heavy atom. The second-order valence-electron chi connectivity index (χ2n) is 3.61. The maximum Gasteiger partial charge on any atom is 0.107 e. The lowest BCUT2D eigenvalue weighted by atomic mass is 10.2. The van der Waals surface area contributed by atoms with Crippen LogP contribution in [0.15, 0.2) is 11.6 Å². The first-order chi connectivity index (χ1) is 6.25. The molecule has 0 aliphatic carbocycles. The molecule has 13 heavy (non-hydrogen) atoms. The molecule has 0 radical (unpaired) electrons. The van der Waals surface area contributed by atoms with Gasteiger partial charge in [-0.05, 0) is 5.92 Å². The number of halogens is 1. The summed E-state index contributed by atoms with van der Waals surface area (Å²) < 4.78 is 0. The van der Waals surface area contributed by atoms with E-state index in [-0.39, 0.29) is 0 Å². The molecule has 0 aromatic carbocycles. The van der Waals surface area contributed by atoms with Crippen LogP contribution in [-0.2, 0) is 6.54 Å². The summed E-state index contributed by atoms with van der Waals surface area (Å²) >= 11 is 7.86. The second kappa shape index (κ2) is 3.95. The predicted molar refractivity (Wildman–Crippen MR) is 56.2 cm³/mol. The first-order valence-electron chi connectivity index (χ1n) is 4.50. The lowest BCUT2D eigenvalue weighted by Gasteiger charge is -2.12. The highest BCUT2D eigenvalue weighted by atomic mass is 35.5. The number of hydrogen-bond donors (Lipinski definition) is 0. The number of nitrogens with zero attached hydrogens (tertiary/aromatic N) is 2. The molecule has 2 rings (SSSR count). The third kappa shape index (κ3) is 2.22. The van der Waals surface area contributed by atoms with Crippen molar-refractivity contribution in [1.29, 1.82) is 0 Å². The van der Waals surface area contributed by atoms with Crippen molar-refractivity contribution in [2.24, 2.45) is 5.92 Å². The molecule has 1 aromatic rings. The van der Waals surface area contributed by atoms with Crippen LogP contribution in [0.5, 0.6) is 0 Å². The summed E-state index contributed by atoms with van der Waals surface area (Å²) in [7, 11) is 0. The first kappa shape index (κ1) is 9.44. The van der Waals surface area contributed by atoms with Gasteiger partial charge < -0.3 is 0 Å². The summed E-state index contributed by atoms with van der Waals surface area (Å²) in [6.07, 6.45) is 1.86. The minimum absolute atomic E-state index is 0.319. The fourth-order valence-corrected chi connectivity index (χ4v) is 2.61. The van der Waals surface area contributed by atoms with Gasteiger partial charge in [-0.15, -0.1) is 22.9 Å². The summed E-state index contributed by atoms with van der Waals surface area (Å²) in [6, 6.07) is 0. The van der Waals surface area contributed by atoms with Gasteiger partial charge in [0.1, 0.15) is 5.01 Å². The smallest absolute Gasteiger partial charge is 0.107 e. The quantitative estimate of drug-likeness (QED) is 0.705. The van der Waals surface area contributed by atoms with Gasteiger partial charge in [0, 0.05) is 24.7 Å². The molecule has 1 aliphatic heterocycles.